The fourth-order valence-electron chi connectivity index (χ4n) is 1.99. The molecule has 0 atom stereocenters. The van der Waals surface area contributed by atoms with Gasteiger partial charge in [-0.1, -0.05) is 25.1 Å². The number of esters is 1. The third-order valence-electron chi connectivity index (χ3n) is 3.25. The van der Waals surface area contributed by atoms with Crippen molar-refractivity contribution in [3.8, 4) is 0 Å². The van der Waals surface area contributed by atoms with Crippen molar-refractivity contribution in [1.29, 1.82) is 0 Å². The molecule has 0 aliphatic heterocycles. The molecule has 0 radical (unpaired) electrons. The van der Waals surface area contributed by atoms with Gasteiger partial charge in [-0.2, -0.15) is 0 Å². The van der Waals surface area contributed by atoms with Crippen molar-refractivity contribution in [2.75, 3.05) is 18.6 Å². The Morgan fingerprint density at radius 2 is 1.55 bits per heavy atom. The Balaban J connectivity index is 2.10. The van der Waals surface area contributed by atoms with Crippen LogP contribution in [0.3, 0.4) is 0 Å². The number of anilines is 1. The normalized spacial score (nSPS) is 10.1. The largest absolute Gasteiger partial charge is 0.462 e. The molecule has 114 valence electrons. The minimum Gasteiger partial charge on any atom is -0.462 e. The Morgan fingerprint density at radius 1 is 0.955 bits per heavy atom. The van der Waals surface area contributed by atoms with E-state index in [2.05, 4.69) is 0 Å². The zero-order chi connectivity index (χ0) is 15.9. The predicted molar refractivity (Wildman–Crippen MR) is 86.2 cm³/mol. The van der Waals surface area contributed by atoms with Gasteiger partial charge in [0.05, 0.1) is 12.2 Å². The van der Waals surface area contributed by atoms with Crippen LogP contribution < -0.4 is 4.90 Å². The van der Waals surface area contributed by atoms with E-state index in [9.17, 15) is 9.59 Å². The number of nitrogens with zero attached hydrogens (tertiary/aromatic N) is 1. The zero-order valence-electron chi connectivity index (χ0n) is 12.8. The zero-order valence-corrected chi connectivity index (χ0v) is 12.8. The van der Waals surface area contributed by atoms with Gasteiger partial charge in [0.25, 0.3) is 5.91 Å². The number of hydrogen-bond acceptors (Lipinski definition) is 3. The topological polar surface area (TPSA) is 46.6 Å². The number of amides is 1. The van der Waals surface area contributed by atoms with Crippen LogP contribution in [0.25, 0.3) is 0 Å². The lowest BCUT2D eigenvalue weighted by molar-refractivity contribution is 0.0505. The average molecular weight is 297 g/mol. The summed E-state index contributed by atoms with van der Waals surface area (Å²) in [7, 11) is 1.72. The van der Waals surface area contributed by atoms with Crippen LogP contribution >= 0.6 is 0 Å². The number of carbonyl (C=O) groups excluding carboxylic acids is 2. The Labute approximate surface area is 130 Å². The molecule has 0 fully saturated rings. The molecule has 0 spiro atoms. The van der Waals surface area contributed by atoms with Crippen molar-refractivity contribution in [3.63, 3.8) is 0 Å². The van der Waals surface area contributed by atoms with Gasteiger partial charge in [0, 0.05) is 18.3 Å². The van der Waals surface area contributed by atoms with E-state index in [0.717, 1.165) is 12.1 Å². The second kappa shape index (κ2) is 7.41. The third-order valence-corrected chi connectivity index (χ3v) is 3.25. The molecule has 0 aliphatic carbocycles. The first-order valence-corrected chi connectivity index (χ1v) is 7.23. The molecule has 0 saturated heterocycles. The molecule has 0 unspecified atom stereocenters. The molecule has 22 heavy (non-hydrogen) atoms. The highest BCUT2D eigenvalue weighted by atomic mass is 16.5. The Kier molecular flexibility index (Phi) is 5.31. The molecule has 2 rings (SSSR count). The molecule has 0 aromatic heterocycles. The number of rotatable bonds is 5. The molecular weight excluding hydrogens is 278 g/mol. The van der Waals surface area contributed by atoms with Crippen molar-refractivity contribution in [1.82, 2.24) is 0 Å². The number of ether oxygens (including phenoxy) is 1. The second-order valence-electron chi connectivity index (χ2n) is 4.91. The minimum atomic E-state index is -0.364. The average Bonchev–Trinajstić information content (AvgIpc) is 2.59. The summed E-state index contributed by atoms with van der Waals surface area (Å²) in [5, 5.41) is 0. The quantitative estimate of drug-likeness (QED) is 0.793. The first-order chi connectivity index (χ1) is 10.6. The summed E-state index contributed by atoms with van der Waals surface area (Å²) < 4.78 is 5.06. The molecule has 0 saturated carbocycles. The third kappa shape index (κ3) is 3.73. The molecule has 0 aliphatic rings. The molecule has 4 heteroatoms. The van der Waals surface area contributed by atoms with Gasteiger partial charge in [0.1, 0.15) is 0 Å². The van der Waals surface area contributed by atoms with Crippen LogP contribution in [-0.4, -0.2) is 25.5 Å². The molecule has 0 heterocycles. The SMILES string of the molecule is CCCOC(=O)c1ccc(C(=O)N(C)c2ccccc2)cc1. The van der Waals surface area contributed by atoms with E-state index >= 15 is 0 Å². The van der Waals surface area contributed by atoms with E-state index in [4.69, 9.17) is 4.74 Å². The van der Waals surface area contributed by atoms with Crippen molar-refractivity contribution in [2.24, 2.45) is 0 Å². The van der Waals surface area contributed by atoms with Crippen LogP contribution in [0.15, 0.2) is 54.6 Å². The van der Waals surface area contributed by atoms with E-state index in [1.54, 1.807) is 36.2 Å². The molecule has 4 nitrogen and oxygen atoms in total. The molecular formula is C18H19NO3. The first kappa shape index (κ1) is 15.8. The van der Waals surface area contributed by atoms with Gasteiger partial charge >= 0.3 is 5.97 Å². The van der Waals surface area contributed by atoms with E-state index in [-0.39, 0.29) is 11.9 Å². The first-order valence-electron chi connectivity index (χ1n) is 7.23. The van der Waals surface area contributed by atoms with Crippen LogP contribution in [0.5, 0.6) is 0 Å². The lowest BCUT2D eigenvalue weighted by Crippen LogP contribution is -2.26. The number of carbonyl (C=O) groups is 2. The second-order valence-corrected chi connectivity index (χ2v) is 4.91. The van der Waals surface area contributed by atoms with Crippen LogP contribution in [0.4, 0.5) is 5.69 Å². The standard InChI is InChI=1S/C18H19NO3/c1-3-13-22-18(21)15-11-9-14(10-12-15)17(20)19(2)16-7-5-4-6-8-16/h4-12H,3,13H2,1-2H3. The molecule has 0 N–H and O–H groups in total. The Hall–Kier alpha value is -2.62. The molecule has 0 bridgehead atoms. The number of hydrogen-bond donors (Lipinski definition) is 0. The van der Waals surface area contributed by atoms with Gasteiger partial charge in [-0.05, 0) is 42.8 Å². The Morgan fingerprint density at radius 3 is 2.14 bits per heavy atom. The van der Waals surface area contributed by atoms with Crippen molar-refractivity contribution >= 4 is 17.6 Å². The molecule has 2 aromatic carbocycles. The number of benzene rings is 2. The van der Waals surface area contributed by atoms with E-state index in [1.165, 1.54) is 0 Å². The monoisotopic (exact) mass is 297 g/mol. The lowest BCUT2D eigenvalue weighted by atomic mass is 10.1. The van der Waals surface area contributed by atoms with Crippen LogP contribution in [0.1, 0.15) is 34.1 Å². The highest BCUT2D eigenvalue weighted by Crippen LogP contribution is 2.15. The van der Waals surface area contributed by atoms with Crippen LogP contribution in [-0.2, 0) is 4.74 Å². The maximum absolute atomic E-state index is 12.4. The van der Waals surface area contributed by atoms with Crippen molar-refractivity contribution in [3.05, 3.63) is 65.7 Å². The van der Waals surface area contributed by atoms with Gasteiger partial charge in [0.2, 0.25) is 0 Å². The van der Waals surface area contributed by atoms with Gasteiger partial charge < -0.3 is 9.64 Å². The van der Waals surface area contributed by atoms with E-state index in [1.807, 2.05) is 37.3 Å². The van der Waals surface area contributed by atoms with Crippen molar-refractivity contribution in [2.45, 2.75) is 13.3 Å². The predicted octanol–water partition coefficient (Wildman–Crippen LogP) is 3.53. The fourth-order valence-corrected chi connectivity index (χ4v) is 1.99. The summed E-state index contributed by atoms with van der Waals surface area (Å²) in [4.78, 5) is 25.7. The van der Waals surface area contributed by atoms with Crippen LogP contribution in [0.2, 0.25) is 0 Å². The summed E-state index contributed by atoms with van der Waals surface area (Å²) in [6.07, 6.45) is 0.782. The van der Waals surface area contributed by atoms with Gasteiger partial charge in [-0.15, -0.1) is 0 Å². The van der Waals surface area contributed by atoms with Crippen LogP contribution in [0, 0.1) is 0 Å². The van der Waals surface area contributed by atoms with Gasteiger partial charge in [-0.25, -0.2) is 4.79 Å². The van der Waals surface area contributed by atoms with E-state index < -0.39 is 0 Å². The summed E-state index contributed by atoms with van der Waals surface area (Å²) >= 11 is 0. The minimum absolute atomic E-state index is 0.125. The van der Waals surface area contributed by atoms with E-state index in [0.29, 0.717) is 17.7 Å². The molecule has 2 aromatic rings. The summed E-state index contributed by atoms with van der Waals surface area (Å²) in [5.41, 5.74) is 1.80. The maximum Gasteiger partial charge on any atom is 0.338 e. The lowest BCUT2D eigenvalue weighted by Gasteiger charge is -2.17. The fraction of sp³-hybridized carbons (Fsp3) is 0.222. The van der Waals surface area contributed by atoms with Crippen molar-refractivity contribution < 1.29 is 14.3 Å². The highest BCUT2D eigenvalue weighted by molar-refractivity contribution is 6.06. The Bertz CT molecular complexity index is 635. The summed E-state index contributed by atoms with van der Waals surface area (Å²) in [6, 6.07) is 15.9. The smallest absolute Gasteiger partial charge is 0.338 e. The van der Waals surface area contributed by atoms with Gasteiger partial charge in [-0.3, -0.25) is 4.79 Å². The summed E-state index contributed by atoms with van der Waals surface area (Å²) in [6.45, 7) is 2.34. The highest BCUT2D eigenvalue weighted by Gasteiger charge is 2.14. The summed E-state index contributed by atoms with van der Waals surface area (Å²) in [5.74, 6) is -0.489. The maximum atomic E-state index is 12.4. The number of para-hydroxylation sites is 1. The van der Waals surface area contributed by atoms with Gasteiger partial charge in [0.15, 0.2) is 0 Å². The molecule has 1 amide bonds.